The molecule has 5 rings (SSSR count). The average Bonchev–Trinajstić information content (AvgIpc) is 3.28. The summed E-state index contributed by atoms with van der Waals surface area (Å²) in [7, 11) is 0. The van der Waals surface area contributed by atoms with Crippen molar-refractivity contribution in [3.63, 3.8) is 0 Å². The summed E-state index contributed by atoms with van der Waals surface area (Å²) in [5.74, 6) is 0.445. The minimum absolute atomic E-state index is 0.114. The van der Waals surface area contributed by atoms with Crippen LogP contribution in [0.5, 0.6) is 0 Å². The highest BCUT2D eigenvalue weighted by atomic mass is 16.4. The first-order valence-electron chi connectivity index (χ1n) is 13.7. The van der Waals surface area contributed by atoms with Gasteiger partial charge in [0.25, 0.3) is 0 Å². The molecule has 1 amide bonds. The number of fused-ring (bicyclic) bond motifs is 1. The van der Waals surface area contributed by atoms with Gasteiger partial charge in [-0.05, 0) is 55.7 Å². The number of aliphatic carboxylic acids is 1. The summed E-state index contributed by atoms with van der Waals surface area (Å²) in [6, 6.07) is 16.1. The van der Waals surface area contributed by atoms with Crippen LogP contribution in [0, 0.1) is 5.92 Å². The third kappa shape index (κ3) is 5.48. The lowest BCUT2D eigenvalue weighted by molar-refractivity contribution is -0.137. The zero-order chi connectivity index (χ0) is 24.9. The number of benzene rings is 2. The largest absolute Gasteiger partial charge is 0.481 e. The minimum atomic E-state index is -0.792. The molecule has 190 valence electrons. The normalized spacial score (nSPS) is 18.2. The molecule has 3 aromatic rings. The predicted molar refractivity (Wildman–Crippen MR) is 142 cm³/mol. The second-order valence-electron chi connectivity index (χ2n) is 10.6. The molecule has 2 aliphatic carbocycles. The van der Waals surface area contributed by atoms with Crippen LogP contribution in [0.2, 0.25) is 0 Å². The van der Waals surface area contributed by atoms with Gasteiger partial charge in [0.15, 0.2) is 0 Å². The van der Waals surface area contributed by atoms with E-state index in [-0.39, 0.29) is 30.3 Å². The van der Waals surface area contributed by atoms with Gasteiger partial charge in [0.2, 0.25) is 5.91 Å². The van der Waals surface area contributed by atoms with Gasteiger partial charge in [-0.15, -0.1) is 0 Å². The molecular formula is C30H37N3O3. The number of para-hydroxylation sites is 2. The summed E-state index contributed by atoms with van der Waals surface area (Å²) in [6.07, 6.45) is 12.1. The van der Waals surface area contributed by atoms with E-state index in [1.54, 1.807) is 0 Å². The van der Waals surface area contributed by atoms with E-state index in [9.17, 15) is 9.59 Å². The molecule has 1 aromatic heterocycles. The molecule has 36 heavy (non-hydrogen) atoms. The average molecular weight is 488 g/mol. The SMILES string of the molecule is O=C(O)CCc1ccc(-c2nc3ccccc3n2[C@H](C(=O)NC2CCCCC2)C2CCCCC2)cc1. The molecule has 0 radical (unpaired) electrons. The van der Waals surface area contributed by atoms with Crippen molar-refractivity contribution in [3.8, 4) is 11.4 Å². The van der Waals surface area contributed by atoms with E-state index >= 15 is 0 Å². The Morgan fingerprint density at radius 1 is 0.917 bits per heavy atom. The second-order valence-corrected chi connectivity index (χ2v) is 10.6. The molecule has 0 unspecified atom stereocenters. The number of carbonyl (C=O) groups excluding carboxylic acids is 1. The third-order valence-electron chi connectivity index (χ3n) is 8.03. The van der Waals surface area contributed by atoms with Gasteiger partial charge >= 0.3 is 5.97 Å². The number of rotatable bonds is 8. The van der Waals surface area contributed by atoms with Crippen molar-refractivity contribution in [1.29, 1.82) is 0 Å². The number of hydrogen-bond acceptors (Lipinski definition) is 3. The molecule has 0 bridgehead atoms. The summed E-state index contributed by atoms with van der Waals surface area (Å²) >= 11 is 0. The van der Waals surface area contributed by atoms with Gasteiger partial charge in [0, 0.05) is 18.0 Å². The lowest BCUT2D eigenvalue weighted by atomic mass is 9.82. The van der Waals surface area contributed by atoms with Gasteiger partial charge < -0.3 is 15.0 Å². The van der Waals surface area contributed by atoms with Crippen LogP contribution in [0.4, 0.5) is 0 Å². The number of aryl methyl sites for hydroxylation is 1. The lowest BCUT2D eigenvalue weighted by Gasteiger charge is -2.33. The number of carbonyl (C=O) groups is 2. The van der Waals surface area contributed by atoms with E-state index in [1.165, 1.54) is 25.7 Å². The number of aromatic nitrogens is 2. The van der Waals surface area contributed by atoms with Gasteiger partial charge in [0.05, 0.1) is 11.0 Å². The standard InChI is InChI=1S/C30H37N3O3/c34-27(35)20-17-21-15-18-23(19-16-21)29-32-25-13-7-8-14-26(25)33(29)28(22-9-3-1-4-10-22)30(36)31-24-11-5-2-6-12-24/h7-8,13-16,18-19,22,24,28H,1-6,9-12,17,20H2,(H,31,36)(H,34,35)/t28-/m0/s1. The van der Waals surface area contributed by atoms with Gasteiger partial charge in [-0.3, -0.25) is 9.59 Å². The Hall–Kier alpha value is -3.15. The first-order chi connectivity index (χ1) is 17.6. The molecule has 2 N–H and O–H groups in total. The van der Waals surface area contributed by atoms with Gasteiger partial charge in [-0.2, -0.15) is 0 Å². The van der Waals surface area contributed by atoms with E-state index in [2.05, 4.69) is 16.0 Å². The number of imidazole rings is 1. The van der Waals surface area contributed by atoms with Crippen LogP contribution in [-0.2, 0) is 16.0 Å². The van der Waals surface area contributed by atoms with Crippen LogP contribution in [0.1, 0.15) is 82.2 Å². The Morgan fingerprint density at radius 2 is 1.58 bits per heavy atom. The smallest absolute Gasteiger partial charge is 0.303 e. The van der Waals surface area contributed by atoms with Crippen molar-refractivity contribution in [2.75, 3.05) is 0 Å². The number of nitrogens with one attached hydrogen (secondary N) is 1. The van der Waals surface area contributed by atoms with Crippen molar-refractivity contribution in [1.82, 2.24) is 14.9 Å². The van der Waals surface area contributed by atoms with Crippen molar-refractivity contribution in [2.45, 2.75) is 89.1 Å². The summed E-state index contributed by atoms with van der Waals surface area (Å²) in [6.45, 7) is 0. The van der Waals surface area contributed by atoms with E-state index < -0.39 is 5.97 Å². The van der Waals surface area contributed by atoms with Crippen LogP contribution in [0.3, 0.4) is 0 Å². The van der Waals surface area contributed by atoms with Crippen LogP contribution in [0.25, 0.3) is 22.4 Å². The fraction of sp³-hybridized carbons (Fsp3) is 0.500. The molecule has 1 heterocycles. The number of amides is 1. The molecule has 6 nitrogen and oxygen atoms in total. The Kier molecular flexibility index (Phi) is 7.69. The molecule has 0 saturated heterocycles. The van der Waals surface area contributed by atoms with Gasteiger partial charge in [0.1, 0.15) is 11.9 Å². The molecule has 0 aliphatic heterocycles. The lowest BCUT2D eigenvalue weighted by Crippen LogP contribution is -2.43. The van der Waals surface area contributed by atoms with Crippen LogP contribution < -0.4 is 5.32 Å². The molecule has 6 heteroatoms. The van der Waals surface area contributed by atoms with Crippen molar-refractivity contribution >= 4 is 22.9 Å². The summed E-state index contributed by atoms with van der Waals surface area (Å²) in [5, 5.41) is 12.5. The third-order valence-corrected chi connectivity index (χ3v) is 8.03. The second kappa shape index (κ2) is 11.3. The van der Waals surface area contributed by atoms with E-state index in [4.69, 9.17) is 10.1 Å². The van der Waals surface area contributed by atoms with Crippen molar-refractivity contribution in [3.05, 3.63) is 54.1 Å². The molecule has 2 aliphatic rings. The molecular weight excluding hydrogens is 450 g/mol. The Labute approximate surface area is 213 Å². The summed E-state index contributed by atoms with van der Waals surface area (Å²) < 4.78 is 2.20. The Morgan fingerprint density at radius 3 is 2.28 bits per heavy atom. The van der Waals surface area contributed by atoms with Crippen molar-refractivity contribution < 1.29 is 14.7 Å². The van der Waals surface area contributed by atoms with Crippen LogP contribution in [-0.4, -0.2) is 32.6 Å². The van der Waals surface area contributed by atoms with E-state index in [1.807, 2.05) is 42.5 Å². The zero-order valence-corrected chi connectivity index (χ0v) is 21.0. The van der Waals surface area contributed by atoms with Gasteiger partial charge in [-0.25, -0.2) is 4.98 Å². The highest BCUT2D eigenvalue weighted by Gasteiger charge is 2.35. The number of hydrogen-bond donors (Lipinski definition) is 2. The van der Waals surface area contributed by atoms with Gasteiger partial charge in [-0.1, -0.05) is 74.9 Å². The Balaban J connectivity index is 1.54. The first-order valence-corrected chi connectivity index (χ1v) is 13.7. The first kappa shape index (κ1) is 24.5. The highest BCUT2D eigenvalue weighted by molar-refractivity contribution is 5.87. The van der Waals surface area contributed by atoms with E-state index in [0.29, 0.717) is 6.42 Å². The zero-order valence-electron chi connectivity index (χ0n) is 21.0. The molecule has 2 saturated carbocycles. The predicted octanol–water partition coefficient (Wildman–Crippen LogP) is 6.29. The maximum atomic E-state index is 14.0. The molecule has 2 fully saturated rings. The molecule has 0 spiro atoms. The monoisotopic (exact) mass is 487 g/mol. The minimum Gasteiger partial charge on any atom is -0.481 e. The molecule has 1 atom stereocenters. The highest BCUT2D eigenvalue weighted by Crippen LogP contribution is 2.38. The fourth-order valence-electron chi connectivity index (χ4n) is 6.13. The van der Waals surface area contributed by atoms with Crippen LogP contribution in [0.15, 0.2) is 48.5 Å². The summed E-state index contributed by atoms with van der Waals surface area (Å²) in [4.78, 5) is 30.0. The fourth-order valence-corrected chi connectivity index (χ4v) is 6.13. The quantitative estimate of drug-likeness (QED) is 0.391. The van der Waals surface area contributed by atoms with Crippen LogP contribution >= 0.6 is 0 Å². The number of nitrogens with zero attached hydrogens (tertiary/aromatic N) is 2. The van der Waals surface area contributed by atoms with E-state index in [0.717, 1.165) is 66.5 Å². The Bertz CT molecular complexity index is 1190. The summed E-state index contributed by atoms with van der Waals surface area (Å²) in [5.41, 5.74) is 3.84. The van der Waals surface area contributed by atoms with Crippen molar-refractivity contribution in [2.24, 2.45) is 5.92 Å². The number of carboxylic acids is 1. The topological polar surface area (TPSA) is 84.2 Å². The number of carboxylic acid groups (broad SMARTS) is 1. The molecule has 2 aromatic carbocycles. The maximum absolute atomic E-state index is 14.0. The maximum Gasteiger partial charge on any atom is 0.303 e.